The maximum absolute atomic E-state index is 13.1. The number of nitrogens with zero attached hydrogens (tertiary/aromatic N) is 3. The third kappa shape index (κ3) is 5.46. The van der Waals surface area contributed by atoms with Gasteiger partial charge >= 0.3 is 12.0 Å². The van der Waals surface area contributed by atoms with E-state index >= 15 is 0 Å². The molecule has 2 aliphatic rings. The van der Waals surface area contributed by atoms with E-state index in [1.165, 1.54) is 4.88 Å². The number of amides is 2. The Morgan fingerprint density at radius 2 is 1.73 bits per heavy atom. The van der Waals surface area contributed by atoms with Crippen LogP contribution in [-0.2, 0) is 16.1 Å². The Morgan fingerprint density at radius 3 is 2.33 bits per heavy atom. The Balaban J connectivity index is 1.58. The lowest BCUT2D eigenvalue weighted by atomic mass is 9.94. The molecule has 1 aromatic carbocycles. The van der Waals surface area contributed by atoms with Crippen molar-refractivity contribution in [2.75, 3.05) is 45.9 Å². The summed E-state index contributed by atoms with van der Waals surface area (Å²) < 4.78 is 5.46. The minimum Gasteiger partial charge on any atom is -0.463 e. The maximum Gasteiger partial charge on any atom is 0.338 e. The first-order valence-corrected chi connectivity index (χ1v) is 12.5. The zero-order valence-corrected chi connectivity index (χ0v) is 20.1. The quantitative estimate of drug-likeness (QED) is 0.601. The first-order valence-electron chi connectivity index (χ1n) is 11.6. The Morgan fingerprint density at radius 1 is 1.03 bits per heavy atom. The normalized spacial score (nSPS) is 20.1. The molecule has 2 aromatic rings. The summed E-state index contributed by atoms with van der Waals surface area (Å²) in [4.78, 5) is 34.0. The molecule has 0 spiro atoms. The highest BCUT2D eigenvalue weighted by molar-refractivity contribution is 7.09. The van der Waals surface area contributed by atoms with Gasteiger partial charge in [0.05, 0.1) is 18.2 Å². The summed E-state index contributed by atoms with van der Waals surface area (Å²) in [5, 5.41) is 5.14. The standard InChI is InChI=1S/C25H32N4O3S/c1-3-29-21(18-28-14-12-27(13-15-28)17-20-11-8-16-33-20)22(24(30)32-4-2)23(26-25(29)31)19-9-6-5-7-10-19/h5-11,16,23H,3-4,12-15,17-18H2,1-2H3,(H,26,31). The zero-order chi connectivity index (χ0) is 23.2. The van der Waals surface area contributed by atoms with Gasteiger partial charge in [0, 0.05) is 56.4 Å². The van der Waals surface area contributed by atoms with Crippen molar-refractivity contribution in [3.63, 3.8) is 0 Å². The minimum atomic E-state index is -0.518. The molecular weight excluding hydrogens is 436 g/mol. The van der Waals surface area contributed by atoms with Gasteiger partial charge in [-0.1, -0.05) is 36.4 Å². The van der Waals surface area contributed by atoms with Gasteiger partial charge in [-0.05, 0) is 30.9 Å². The summed E-state index contributed by atoms with van der Waals surface area (Å²) in [5.74, 6) is -0.365. The van der Waals surface area contributed by atoms with Crippen LogP contribution in [0.2, 0.25) is 0 Å². The van der Waals surface area contributed by atoms with Crippen molar-refractivity contribution in [1.82, 2.24) is 20.0 Å². The zero-order valence-electron chi connectivity index (χ0n) is 19.3. The number of carbonyl (C=O) groups excluding carboxylic acids is 2. The molecule has 176 valence electrons. The molecule has 1 fully saturated rings. The van der Waals surface area contributed by atoms with E-state index in [9.17, 15) is 9.59 Å². The van der Waals surface area contributed by atoms with Gasteiger partial charge in [-0.25, -0.2) is 9.59 Å². The van der Waals surface area contributed by atoms with Crippen LogP contribution in [0.25, 0.3) is 0 Å². The van der Waals surface area contributed by atoms with Gasteiger partial charge in [0.15, 0.2) is 0 Å². The van der Waals surface area contributed by atoms with Crippen molar-refractivity contribution in [2.24, 2.45) is 0 Å². The van der Waals surface area contributed by atoms with Crippen LogP contribution in [0.3, 0.4) is 0 Å². The Bertz CT molecular complexity index is 969. The molecule has 1 N–H and O–H groups in total. The first kappa shape index (κ1) is 23.5. The lowest BCUT2D eigenvalue weighted by Gasteiger charge is -2.40. The second-order valence-corrected chi connectivity index (χ2v) is 9.28. The fourth-order valence-corrected chi connectivity index (χ4v) is 5.24. The molecule has 1 unspecified atom stereocenters. The molecule has 0 radical (unpaired) electrons. The van der Waals surface area contributed by atoms with Gasteiger partial charge in [-0.15, -0.1) is 11.3 Å². The van der Waals surface area contributed by atoms with Crippen LogP contribution in [0, 0.1) is 0 Å². The van der Waals surface area contributed by atoms with E-state index in [1.807, 2.05) is 44.2 Å². The van der Waals surface area contributed by atoms with Crippen LogP contribution in [0.5, 0.6) is 0 Å². The van der Waals surface area contributed by atoms with Crippen LogP contribution in [0.4, 0.5) is 4.79 Å². The van der Waals surface area contributed by atoms with E-state index in [1.54, 1.807) is 16.2 Å². The number of piperazine rings is 1. The molecule has 1 aromatic heterocycles. The number of ether oxygens (including phenoxy) is 1. The van der Waals surface area contributed by atoms with Gasteiger partial charge in [0.2, 0.25) is 0 Å². The molecule has 7 nitrogen and oxygen atoms in total. The topological polar surface area (TPSA) is 65.1 Å². The van der Waals surface area contributed by atoms with E-state index in [0.717, 1.165) is 44.0 Å². The molecule has 33 heavy (non-hydrogen) atoms. The van der Waals surface area contributed by atoms with Gasteiger partial charge in [-0.3, -0.25) is 14.7 Å². The number of thiophene rings is 1. The fraction of sp³-hybridized carbons (Fsp3) is 0.440. The molecule has 8 heteroatoms. The fourth-order valence-electron chi connectivity index (χ4n) is 4.49. The second kappa shape index (κ2) is 11.0. The average Bonchev–Trinajstić information content (AvgIpc) is 3.34. The van der Waals surface area contributed by atoms with Crippen molar-refractivity contribution in [2.45, 2.75) is 26.4 Å². The minimum absolute atomic E-state index is 0.175. The van der Waals surface area contributed by atoms with E-state index in [0.29, 0.717) is 25.3 Å². The number of rotatable bonds is 8. The van der Waals surface area contributed by atoms with Gasteiger partial charge in [0.1, 0.15) is 0 Å². The van der Waals surface area contributed by atoms with E-state index in [4.69, 9.17) is 4.74 Å². The summed E-state index contributed by atoms with van der Waals surface area (Å²) in [6.45, 7) is 9.74. The van der Waals surface area contributed by atoms with Crippen molar-refractivity contribution >= 4 is 23.3 Å². The number of likely N-dealkylation sites (N-methyl/N-ethyl adjacent to an activating group) is 1. The van der Waals surface area contributed by atoms with E-state index < -0.39 is 6.04 Å². The van der Waals surface area contributed by atoms with E-state index in [-0.39, 0.29) is 12.0 Å². The molecule has 2 aliphatic heterocycles. The van der Waals surface area contributed by atoms with Crippen molar-refractivity contribution in [3.8, 4) is 0 Å². The summed E-state index contributed by atoms with van der Waals surface area (Å²) in [7, 11) is 0. The van der Waals surface area contributed by atoms with Crippen LogP contribution in [0.15, 0.2) is 59.1 Å². The summed E-state index contributed by atoms with van der Waals surface area (Å²) >= 11 is 1.79. The van der Waals surface area contributed by atoms with Crippen molar-refractivity contribution in [3.05, 3.63) is 69.6 Å². The molecule has 0 bridgehead atoms. The lowest BCUT2D eigenvalue weighted by molar-refractivity contribution is -0.139. The molecule has 0 aliphatic carbocycles. The monoisotopic (exact) mass is 468 g/mol. The maximum atomic E-state index is 13.1. The highest BCUT2D eigenvalue weighted by Gasteiger charge is 2.38. The number of esters is 1. The molecule has 1 saturated heterocycles. The molecular formula is C25H32N4O3S. The Labute approximate surface area is 199 Å². The SMILES string of the molecule is CCOC(=O)C1=C(CN2CCN(Cc3cccs3)CC2)N(CC)C(=O)NC1c1ccccc1. The molecule has 0 saturated carbocycles. The lowest BCUT2D eigenvalue weighted by Crippen LogP contribution is -2.53. The third-order valence-electron chi connectivity index (χ3n) is 6.18. The van der Waals surface area contributed by atoms with Gasteiger partial charge in [-0.2, -0.15) is 0 Å². The predicted molar refractivity (Wildman–Crippen MR) is 130 cm³/mol. The predicted octanol–water partition coefficient (Wildman–Crippen LogP) is 3.47. The first-order chi connectivity index (χ1) is 16.1. The smallest absolute Gasteiger partial charge is 0.338 e. The number of hydrogen-bond donors (Lipinski definition) is 1. The average molecular weight is 469 g/mol. The number of carbonyl (C=O) groups is 2. The third-order valence-corrected chi connectivity index (χ3v) is 7.04. The number of hydrogen-bond acceptors (Lipinski definition) is 6. The number of benzene rings is 1. The Hall–Kier alpha value is -2.68. The van der Waals surface area contributed by atoms with Gasteiger partial charge in [0.25, 0.3) is 0 Å². The van der Waals surface area contributed by atoms with Crippen LogP contribution < -0.4 is 5.32 Å². The van der Waals surface area contributed by atoms with Crippen molar-refractivity contribution < 1.29 is 14.3 Å². The summed E-state index contributed by atoms with van der Waals surface area (Å²) in [6.07, 6.45) is 0. The number of nitrogens with one attached hydrogen (secondary N) is 1. The highest BCUT2D eigenvalue weighted by Crippen LogP contribution is 2.32. The van der Waals surface area contributed by atoms with Crippen molar-refractivity contribution in [1.29, 1.82) is 0 Å². The molecule has 3 heterocycles. The largest absolute Gasteiger partial charge is 0.463 e. The van der Waals surface area contributed by atoms with Crippen LogP contribution >= 0.6 is 11.3 Å². The van der Waals surface area contributed by atoms with Crippen LogP contribution in [-0.4, -0.2) is 72.6 Å². The Kier molecular flexibility index (Phi) is 7.80. The molecule has 1 atom stereocenters. The highest BCUT2D eigenvalue weighted by atomic mass is 32.1. The molecule has 4 rings (SSSR count). The summed E-state index contributed by atoms with van der Waals surface area (Å²) in [5.41, 5.74) is 2.16. The van der Waals surface area contributed by atoms with Gasteiger partial charge < -0.3 is 10.1 Å². The summed E-state index contributed by atoms with van der Waals surface area (Å²) in [6, 6.07) is 13.2. The van der Waals surface area contributed by atoms with Crippen LogP contribution in [0.1, 0.15) is 30.3 Å². The second-order valence-electron chi connectivity index (χ2n) is 8.25. The number of urea groups is 1. The molecule has 2 amide bonds. The van der Waals surface area contributed by atoms with E-state index in [2.05, 4.69) is 32.6 Å².